The molecule has 1 atom stereocenters. The summed E-state index contributed by atoms with van der Waals surface area (Å²) >= 11 is 0. The molecule has 0 aromatic heterocycles. The van der Waals surface area contributed by atoms with Crippen LogP contribution in [0.15, 0.2) is 0 Å². The van der Waals surface area contributed by atoms with Crippen molar-refractivity contribution in [3.05, 3.63) is 0 Å². The Morgan fingerprint density at radius 2 is 1.62 bits per heavy atom. The molecule has 0 radical (unpaired) electrons. The number of amides is 1. The molecule has 1 amide bonds. The third-order valence-corrected chi connectivity index (χ3v) is 3.91. The Labute approximate surface area is 147 Å². The lowest BCUT2D eigenvalue weighted by Crippen LogP contribution is -2.54. The van der Waals surface area contributed by atoms with Crippen LogP contribution in [0, 0.1) is 0 Å². The Kier molecular flexibility index (Phi) is 10.5. The zero-order valence-corrected chi connectivity index (χ0v) is 16.5. The number of carbonyl (C=O) groups is 1. The number of rotatable bonds is 11. The second-order valence-electron chi connectivity index (χ2n) is 7.78. The molecule has 0 saturated carbocycles. The van der Waals surface area contributed by atoms with Gasteiger partial charge in [0.15, 0.2) is 0 Å². The number of hydrogen-bond acceptors (Lipinski definition) is 6. The average molecular weight is 347 g/mol. The second kappa shape index (κ2) is 10.9. The summed E-state index contributed by atoms with van der Waals surface area (Å²) < 4.78 is 5.17. The summed E-state index contributed by atoms with van der Waals surface area (Å²) in [7, 11) is 1.67. The summed E-state index contributed by atoms with van der Waals surface area (Å²) in [4.78, 5) is 11.4. The Balaban J connectivity index is 3.57. The number of nitrogens with zero attached hydrogens (tertiary/aromatic N) is 1. The van der Waals surface area contributed by atoms with Crippen LogP contribution in [0.4, 0.5) is 4.79 Å². The van der Waals surface area contributed by atoms with Crippen molar-refractivity contribution in [3.8, 4) is 0 Å². The van der Waals surface area contributed by atoms with E-state index < -0.39 is 5.60 Å². The summed E-state index contributed by atoms with van der Waals surface area (Å²) in [6.45, 7) is 15.0. The predicted octanol–water partition coefficient (Wildman–Crippen LogP) is 1.96. The van der Waals surface area contributed by atoms with Gasteiger partial charge in [0, 0.05) is 25.2 Å². The van der Waals surface area contributed by atoms with Gasteiger partial charge in [-0.2, -0.15) is 5.06 Å². The minimum absolute atomic E-state index is 0.0318. The molecule has 0 bridgehead atoms. The smallest absolute Gasteiger partial charge is 0.407 e. The molecule has 4 N–H and O–H groups in total. The van der Waals surface area contributed by atoms with E-state index >= 15 is 0 Å². The van der Waals surface area contributed by atoms with Crippen LogP contribution >= 0.6 is 0 Å². The molecule has 7 nitrogen and oxygen atoms in total. The summed E-state index contributed by atoms with van der Waals surface area (Å²) in [5, 5.41) is 20.3. The SMILES string of the molecule is CC(N(C)O)C(C)(C)NCCCNCCCNC(=O)OC(C)(C)C. The molecule has 7 heteroatoms. The summed E-state index contributed by atoms with van der Waals surface area (Å²) in [5.41, 5.74) is -0.605. The Bertz CT molecular complexity index is 354. The lowest BCUT2D eigenvalue weighted by atomic mass is 9.96. The van der Waals surface area contributed by atoms with Gasteiger partial charge in [-0.1, -0.05) is 0 Å². The minimum Gasteiger partial charge on any atom is -0.444 e. The van der Waals surface area contributed by atoms with Crippen molar-refractivity contribution in [1.82, 2.24) is 21.0 Å². The average Bonchev–Trinajstić information content (AvgIpc) is 2.42. The van der Waals surface area contributed by atoms with E-state index in [2.05, 4.69) is 29.8 Å². The molecule has 0 aliphatic carbocycles. The van der Waals surface area contributed by atoms with Gasteiger partial charge in [0.1, 0.15) is 5.60 Å². The number of hydrogen-bond donors (Lipinski definition) is 4. The quantitative estimate of drug-likeness (QED) is 0.338. The molecule has 0 fully saturated rings. The fraction of sp³-hybridized carbons (Fsp3) is 0.941. The third kappa shape index (κ3) is 11.6. The monoisotopic (exact) mass is 346 g/mol. The standard InChI is InChI=1S/C17H38N4O3/c1-14(21(7)23)17(5,6)20-13-9-11-18-10-8-12-19-15(22)24-16(2,3)4/h14,18,20,23H,8-13H2,1-7H3,(H,19,22). The maximum absolute atomic E-state index is 11.4. The van der Waals surface area contributed by atoms with E-state index in [4.69, 9.17) is 4.74 Å². The molecule has 0 saturated heterocycles. The van der Waals surface area contributed by atoms with Crippen molar-refractivity contribution < 1.29 is 14.7 Å². The molecule has 0 aliphatic rings. The summed E-state index contributed by atoms with van der Waals surface area (Å²) in [6, 6.07) is 0.0318. The Morgan fingerprint density at radius 3 is 2.12 bits per heavy atom. The maximum atomic E-state index is 11.4. The highest BCUT2D eigenvalue weighted by Gasteiger charge is 2.27. The van der Waals surface area contributed by atoms with Crippen molar-refractivity contribution in [1.29, 1.82) is 0 Å². The van der Waals surface area contributed by atoms with E-state index in [0.29, 0.717) is 6.54 Å². The third-order valence-electron chi connectivity index (χ3n) is 3.91. The van der Waals surface area contributed by atoms with Gasteiger partial charge < -0.3 is 25.9 Å². The number of likely N-dealkylation sites (N-methyl/N-ethyl adjacent to an activating group) is 1. The number of ether oxygens (including phenoxy) is 1. The van der Waals surface area contributed by atoms with Gasteiger partial charge in [0.25, 0.3) is 0 Å². The highest BCUT2D eigenvalue weighted by atomic mass is 16.6. The van der Waals surface area contributed by atoms with E-state index in [0.717, 1.165) is 32.5 Å². The van der Waals surface area contributed by atoms with Gasteiger partial charge in [-0.05, 0) is 74.0 Å². The first-order valence-corrected chi connectivity index (χ1v) is 8.80. The summed E-state index contributed by atoms with van der Waals surface area (Å²) in [5.74, 6) is 0. The molecule has 0 aromatic rings. The van der Waals surface area contributed by atoms with Gasteiger partial charge >= 0.3 is 6.09 Å². The minimum atomic E-state index is -0.453. The van der Waals surface area contributed by atoms with Crippen molar-refractivity contribution in [3.63, 3.8) is 0 Å². The van der Waals surface area contributed by atoms with Crippen LogP contribution in [0.3, 0.4) is 0 Å². The largest absolute Gasteiger partial charge is 0.444 e. The van der Waals surface area contributed by atoms with Crippen LogP contribution in [-0.2, 0) is 4.74 Å². The van der Waals surface area contributed by atoms with Gasteiger partial charge in [-0.15, -0.1) is 0 Å². The topological polar surface area (TPSA) is 85.9 Å². The fourth-order valence-electron chi connectivity index (χ4n) is 2.08. The van der Waals surface area contributed by atoms with Gasteiger partial charge in [-0.25, -0.2) is 4.79 Å². The Morgan fingerprint density at radius 1 is 1.08 bits per heavy atom. The highest BCUT2D eigenvalue weighted by molar-refractivity contribution is 5.67. The zero-order chi connectivity index (χ0) is 18.8. The lowest BCUT2D eigenvalue weighted by molar-refractivity contribution is -0.118. The van der Waals surface area contributed by atoms with E-state index in [1.165, 1.54) is 5.06 Å². The molecule has 0 aromatic carbocycles. The van der Waals surface area contributed by atoms with Crippen molar-refractivity contribution in [2.75, 3.05) is 33.2 Å². The van der Waals surface area contributed by atoms with Crippen LogP contribution in [0.25, 0.3) is 0 Å². The number of nitrogens with one attached hydrogen (secondary N) is 3. The molecule has 24 heavy (non-hydrogen) atoms. The van der Waals surface area contributed by atoms with Crippen LogP contribution in [0.5, 0.6) is 0 Å². The van der Waals surface area contributed by atoms with Crippen molar-refractivity contribution in [2.45, 2.75) is 71.6 Å². The lowest BCUT2D eigenvalue weighted by Gasteiger charge is -2.36. The first kappa shape index (κ1) is 23.1. The fourth-order valence-corrected chi connectivity index (χ4v) is 2.08. The van der Waals surface area contributed by atoms with Crippen LogP contribution < -0.4 is 16.0 Å². The van der Waals surface area contributed by atoms with Crippen LogP contribution in [0.1, 0.15) is 54.4 Å². The molecular weight excluding hydrogens is 308 g/mol. The van der Waals surface area contributed by atoms with E-state index in [1.807, 2.05) is 27.7 Å². The number of carbonyl (C=O) groups excluding carboxylic acids is 1. The van der Waals surface area contributed by atoms with Gasteiger partial charge in [0.2, 0.25) is 0 Å². The van der Waals surface area contributed by atoms with Crippen molar-refractivity contribution in [2.24, 2.45) is 0 Å². The second-order valence-corrected chi connectivity index (χ2v) is 7.78. The van der Waals surface area contributed by atoms with Crippen molar-refractivity contribution >= 4 is 6.09 Å². The molecule has 0 heterocycles. The van der Waals surface area contributed by atoms with Crippen LogP contribution in [-0.4, -0.2) is 66.8 Å². The molecular formula is C17H38N4O3. The normalized spacial score (nSPS) is 13.9. The van der Waals surface area contributed by atoms with E-state index in [1.54, 1.807) is 7.05 Å². The number of hydroxylamine groups is 2. The van der Waals surface area contributed by atoms with E-state index in [-0.39, 0.29) is 17.7 Å². The first-order valence-electron chi connectivity index (χ1n) is 8.80. The molecule has 0 spiro atoms. The first-order chi connectivity index (χ1) is 11.0. The molecule has 0 rings (SSSR count). The Hall–Kier alpha value is -0.890. The zero-order valence-electron chi connectivity index (χ0n) is 16.5. The number of alkyl carbamates (subject to hydrolysis) is 1. The molecule has 144 valence electrons. The highest BCUT2D eigenvalue weighted by Crippen LogP contribution is 2.12. The van der Waals surface area contributed by atoms with Crippen LogP contribution in [0.2, 0.25) is 0 Å². The summed E-state index contributed by atoms with van der Waals surface area (Å²) in [6.07, 6.45) is 1.51. The molecule has 0 aliphatic heterocycles. The molecule has 1 unspecified atom stereocenters. The van der Waals surface area contributed by atoms with Gasteiger partial charge in [0.05, 0.1) is 0 Å². The van der Waals surface area contributed by atoms with E-state index in [9.17, 15) is 10.0 Å². The maximum Gasteiger partial charge on any atom is 0.407 e. The predicted molar refractivity (Wildman–Crippen MR) is 97.4 cm³/mol. The van der Waals surface area contributed by atoms with Gasteiger partial charge in [-0.3, -0.25) is 0 Å².